The van der Waals surface area contributed by atoms with E-state index in [2.05, 4.69) is 14.9 Å². The maximum Gasteiger partial charge on any atom is 0.202 e. The van der Waals surface area contributed by atoms with E-state index >= 15 is 0 Å². The van der Waals surface area contributed by atoms with Crippen LogP contribution in [0, 0.1) is 11.8 Å². The van der Waals surface area contributed by atoms with Gasteiger partial charge in [-0.05, 0) is 24.7 Å². The van der Waals surface area contributed by atoms with Crippen LogP contribution >= 0.6 is 0 Å². The summed E-state index contributed by atoms with van der Waals surface area (Å²) in [5, 5.41) is 3.56. The molecule has 2 aliphatic carbocycles. The second-order valence-corrected chi connectivity index (χ2v) is 4.64. The normalized spacial score (nSPS) is 35.1. The van der Waals surface area contributed by atoms with Crippen molar-refractivity contribution in [3.63, 3.8) is 0 Å². The predicted molar refractivity (Wildman–Crippen MR) is 56.1 cm³/mol. The summed E-state index contributed by atoms with van der Waals surface area (Å²) in [5.41, 5.74) is 0. The third-order valence-corrected chi connectivity index (χ3v) is 3.77. The second kappa shape index (κ2) is 3.01. The van der Waals surface area contributed by atoms with Crippen LogP contribution in [-0.2, 0) is 7.05 Å². The summed E-state index contributed by atoms with van der Waals surface area (Å²) in [6, 6.07) is 0.721. The second-order valence-electron chi connectivity index (χ2n) is 4.64. The predicted octanol–water partition coefficient (Wildman–Crippen LogP) is 2.02. The van der Waals surface area contributed by atoms with Crippen LogP contribution in [0.1, 0.15) is 25.7 Å². The van der Waals surface area contributed by atoms with Crippen LogP contribution in [0.2, 0.25) is 0 Å². The van der Waals surface area contributed by atoms with E-state index in [1.165, 1.54) is 25.7 Å². The standard InChI is InChI=1S/C11H17N3/c1-14-7-6-12-11(14)13-10-8-4-2-3-5-9(8)10/h6-10H,2-5H2,1H3,(H,12,13). The third kappa shape index (κ3) is 1.22. The van der Waals surface area contributed by atoms with Crippen LogP contribution in [-0.4, -0.2) is 15.6 Å². The van der Waals surface area contributed by atoms with E-state index in [0.717, 1.165) is 23.8 Å². The van der Waals surface area contributed by atoms with Crippen molar-refractivity contribution in [2.75, 3.05) is 5.32 Å². The maximum absolute atomic E-state index is 4.31. The van der Waals surface area contributed by atoms with Gasteiger partial charge < -0.3 is 9.88 Å². The molecular formula is C11H17N3. The molecule has 2 unspecified atom stereocenters. The molecular weight excluding hydrogens is 174 g/mol. The number of hydrogen-bond donors (Lipinski definition) is 1. The lowest BCUT2D eigenvalue weighted by molar-refractivity contribution is 0.480. The Kier molecular flexibility index (Phi) is 1.79. The molecule has 14 heavy (non-hydrogen) atoms. The van der Waals surface area contributed by atoms with Gasteiger partial charge in [0.15, 0.2) is 0 Å². The first-order valence-electron chi connectivity index (χ1n) is 5.60. The Hall–Kier alpha value is -0.990. The van der Waals surface area contributed by atoms with E-state index in [1.807, 2.05) is 19.4 Å². The molecule has 1 aromatic rings. The molecule has 2 atom stereocenters. The molecule has 1 heterocycles. The first-order valence-corrected chi connectivity index (χ1v) is 5.60. The van der Waals surface area contributed by atoms with Gasteiger partial charge in [0.2, 0.25) is 5.95 Å². The molecule has 0 radical (unpaired) electrons. The summed E-state index contributed by atoms with van der Waals surface area (Å²) in [4.78, 5) is 4.31. The Morgan fingerprint density at radius 3 is 2.64 bits per heavy atom. The maximum atomic E-state index is 4.31. The highest BCUT2D eigenvalue weighted by molar-refractivity contribution is 5.32. The van der Waals surface area contributed by atoms with E-state index in [9.17, 15) is 0 Å². The minimum atomic E-state index is 0.721. The number of fused-ring (bicyclic) bond motifs is 1. The van der Waals surface area contributed by atoms with Crippen LogP contribution in [0.25, 0.3) is 0 Å². The highest BCUT2D eigenvalue weighted by Gasteiger charge is 2.50. The largest absolute Gasteiger partial charge is 0.352 e. The monoisotopic (exact) mass is 191 g/mol. The number of aromatic nitrogens is 2. The van der Waals surface area contributed by atoms with Crippen molar-refractivity contribution in [3.05, 3.63) is 12.4 Å². The zero-order valence-corrected chi connectivity index (χ0v) is 8.61. The van der Waals surface area contributed by atoms with Crippen molar-refractivity contribution in [2.24, 2.45) is 18.9 Å². The molecule has 2 fully saturated rings. The molecule has 0 amide bonds. The zero-order valence-electron chi connectivity index (χ0n) is 8.61. The van der Waals surface area contributed by atoms with E-state index in [1.54, 1.807) is 0 Å². The topological polar surface area (TPSA) is 29.9 Å². The Balaban J connectivity index is 1.67. The van der Waals surface area contributed by atoms with Gasteiger partial charge in [0, 0.05) is 25.5 Å². The van der Waals surface area contributed by atoms with Gasteiger partial charge in [-0.2, -0.15) is 0 Å². The van der Waals surface area contributed by atoms with Crippen molar-refractivity contribution >= 4 is 5.95 Å². The first-order chi connectivity index (χ1) is 6.86. The van der Waals surface area contributed by atoms with Crippen molar-refractivity contribution in [3.8, 4) is 0 Å². The van der Waals surface area contributed by atoms with E-state index in [4.69, 9.17) is 0 Å². The molecule has 0 saturated heterocycles. The average Bonchev–Trinajstić information content (AvgIpc) is 2.75. The van der Waals surface area contributed by atoms with Gasteiger partial charge in [-0.3, -0.25) is 0 Å². The highest BCUT2D eigenvalue weighted by Crippen LogP contribution is 2.50. The van der Waals surface area contributed by atoms with Crippen molar-refractivity contribution < 1.29 is 0 Å². The summed E-state index contributed by atoms with van der Waals surface area (Å²) in [6.45, 7) is 0. The van der Waals surface area contributed by atoms with Crippen LogP contribution in [0.3, 0.4) is 0 Å². The van der Waals surface area contributed by atoms with Crippen LogP contribution in [0.4, 0.5) is 5.95 Å². The number of rotatable bonds is 2. The summed E-state index contributed by atoms with van der Waals surface area (Å²) in [7, 11) is 2.04. The van der Waals surface area contributed by atoms with E-state index in [0.29, 0.717) is 0 Å². The Morgan fingerprint density at radius 1 is 1.36 bits per heavy atom. The Labute approximate surface area is 84.5 Å². The number of hydrogen-bond acceptors (Lipinski definition) is 2. The molecule has 2 aliphatic rings. The quantitative estimate of drug-likeness (QED) is 0.775. The molecule has 0 spiro atoms. The van der Waals surface area contributed by atoms with Crippen molar-refractivity contribution in [1.82, 2.24) is 9.55 Å². The van der Waals surface area contributed by atoms with E-state index < -0.39 is 0 Å². The van der Waals surface area contributed by atoms with Gasteiger partial charge >= 0.3 is 0 Å². The molecule has 0 aromatic carbocycles. The molecule has 0 bridgehead atoms. The van der Waals surface area contributed by atoms with Gasteiger partial charge in [-0.1, -0.05) is 12.8 Å². The molecule has 3 nitrogen and oxygen atoms in total. The van der Waals surface area contributed by atoms with Crippen LogP contribution < -0.4 is 5.32 Å². The van der Waals surface area contributed by atoms with Gasteiger partial charge in [0.05, 0.1) is 0 Å². The lowest BCUT2D eigenvalue weighted by Gasteiger charge is -2.04. The summed E-state index contributed by atoms with van der Waals surface area (Å²) in [5.74, 6) is 2.92. The van der Waals surface area contributed by atoms with Crippen molar-refractivity contribution in [1.29, 1.82) is 0 Å². The zero-order chi connectivity index (χ0) is 9.54. The van der Waals surface area contributed by atoms with Gasteiger partial charge in [0.1, 0.15) is 0 Å². The minimum absolute atomic E-state index is 0.721. The lowest BCUT2D eigenvalue weighted by atomic mass is 10.0. The molecule has 76 valence electrons. The highest BCUT2D eigenvalue weighted by atomic mass is 15.2. The van der Waals surface area contributed by atoms with Gasteiger partial charge in [0.25, 0.3) is 0 Å². The molecule has 1 N–H and O–H groups in total. The number of anilines is 1. The fraction of sp³-hybridized carbons (Fsp3) is 0.727. The van der Waals surface area contributed by atoms with Crippen LogP contribution in [0.5, 0.6) is 0 Å². The fourth-order valence-corrected chi connectivity index (χ4v) is 2.86. The third-order valence-electron chi connectivity index (χ3n) is 3.77. The summed E-state index contributed by atoms with van der Waals surface area (Å²) in [6.07, 6.45) is 9.56. The Morgan fingerprint density at radius 2 is 2.07 bits per heavy atom. The Bertz CT molecular complexity index is 319. The number of nitrogens with zero attached hydrogens (tertiary/aromatic N) is 2. The van der Waals surface area contributed by atoms with E-state index in [-0.39, 0.29) is 0 Å². The molecule has 2 saturated carbocycles. The lowest BCUT2D eigenvalue weighted by Crippen LogP contribution is -2.09. The summed E-state index contributed by atoms with van der Waals surface area (Å²) < 4.78 is 2.06. The number of imidazole rings is 1. The minimum Gasteiger partial charge on any atom is -0.352 e. The van der Waals surface area contributed by atoms with Crippen LogP contribution in [0.15, 0.2) is 12.4 Å². The molecule has 3 heteroatoms. The number of aryl methyl sites for hydroxylation is 1. The van der Waals surface area contributed by atoms with Gasteiger partial charge in [-0.15, -0.1) is 0 Å². The smallest absolute Gasteiger partial charge is 0.202 e. The first kappa shape index (κ1) is 8.33. The fourth-order valence-electron chi connectivity index (χ4n) is 2.86. The molecule has 1 aromatic heterocycles. The molecule has 3 rings (SSSR count). The average molecular weight is 191 g/mol. The number of nitrogens with one attached hydrogen (secondary N) is 1. The van der Waals surface area contributed by atoms with Crippen molar-refractivity contribution in [2.45, 2.75) is 31.7 Å². The SMILES string of the molecule is Cn1ccnc1NC1C2CCCCC21. The molecule has 0 aliphatic heterocycles. The van der Waals surface area contributed by atoms with Gasteiger partial charge in [-0.25, -0.2) is 4.98 Å². The summed E-state index contributed by atoms with van der Waals surface area (Å²) >= 11 is 0.